The van der Waals surface area contributed by atoms with Gasteiger partial charge in [-0.2, -0.15) is 0 Å². The summed E-state index contributed by atoms with van der Waals surface area (Å²) in [6.07, 6.45) is 3.56. The number of nitrogens with two attached hydrogens (primary N) is 1. The molecule has 0 aliphatic carbocycles. The molecular weight excluding hydrogens is 322 g/mol. The van der Waals surface area contributed by atoms with Gasteiger partial charge in [-0.15, -0.1) is 11.3 Å². The summed E-state index contributed by atoms with van der Waals surface area (Å²) in [5.41, 5.74) is 9.58. The highest BCUT2D eigenvalue weighted by Crippen LogP contribution is 2.31. The van der Waals surface area contributed by atoms with E-state index in [1.165, 1.54) is 0 Å². The number of pyridine rings is 1. The maximum atomic E-state index is 5.97. The van der Waals surface area contributed by atoms with Gasteiger partial charge in [0.25, 0.3) is 0 Å². The lowest BCUT2D eigenvalue weighted by atomic mass is 10.1. The SMILES string of the molecule is Nc1ccccc1-c1csc(-c2cncc(Br)c2)n1. The Labute approximate surface area is 123 Å². The maximum Gasteiger partial charge on any atom is 0.125 e. The van der Waals surface area contributed by atoms with Crippen LogP contribution in [0.25, 0.3) is 21.8 Å². The second kappa shape index (κ2) is 5.11. The first-order valence-electron chi connectivity index (χ1n) is 5.65. The molecule has 5 heteroatoms. The van der Waals surface area contributed by atoms with E-state index in [2.05, 4.69) is 25.9 Å². The van der Waals surface area contributed by atoms with E-state index >= 15 is 0 Å². The van der Waals surface area contributed by atoms with Crippen LogP contribution in [0.2, 0.25) is 0 Å². The fraction of sp³-hybridized carbons (Fsp3) is 0. The molecule has 0 aliphatic rings. The van der Waals surface area contributed by atoms with E-state index in [1.54, 1.807) is 17.5 Å². The molecule has 1 aromatic carbocycles. The van der Waals surface area contributed by atoms with E-state index in [0.29, 0.717) is 0 Å². The van der Waals surface area contributed by atoms with Gasteiger partial charge in [0.05, 0.1) is 5.69 Å². The lowest BCUT2D eigenvalue weighted by molar-refractivity contribution is 1.30. The van der Waals surface area contributed by atoms with Crippen molar-refractivity contribution in [3.05, 3.63) is 52.6 Å². The molecule has 2 heterocycles. The fourth-order valence-corrected chi connectivity index (χ4v) is 2.96. The summed E-state index contributed by atoms with van der Waals surface area (Å²) in [6, 6.07) is 9.75. The van der Waals surface area contributed by atoms with Gasteiger partial charge in [-0.3, -0.25) is 4.98 Å². The largest absolute Gasteiger partial charge is 0.398 e. The molecule has 0 radical (unpaired) electrons. The minimum atomic E-state index is 0.742. The molecule has 3 aromatic rings. The molecule has 0 spiro atoms. The topological polar surface area (TPSA) is 51.8 Å². The summed E-state index contributed by atoms with van der Waals surface area (Å²) >= 11 is 5.00. The first-order chi connectivity index (χ1) is 9.24. The normalized spacial score (nSPS) is 10.6. The summed E-state index contributed by atoms with van der Waals surface area (Å²) in [4.78, 5) is 8.79. The molecule has 19 heavy (non-hydrogen) atoms. The molecule has 3 nitrogen and oxygen atoms in total. The summed E-state index contributed by atoms with van der Waals surface area (Å²) in [7, 11) is 0. The van der Waals surface area contributed by atoms with Crippen LogP contribution in [-0.2, 0) is 0 Å². The predicted molar refractivity (Wildman–Crippen MR) is 82.9 cm³/mol. The van der Waals surface area contributed by atoms with Crippen molar-refractivity contribution in [3.63, 3.8) is 0 Å². The molecule has 94 valence electrons. The molecule has 3 rings (SSSR count). The van der Waals surface area contributed by atoms with Crippen molar-refractivity contribution in [2.75, 3.05) is 5.73 Å². The highest BCUT2D eigenvalue weighted by Gasteiger charge is 2.09. The Morgan fingerprint density at radius 2 is 2.00 bits per heavy atom. The fourth-order valence-electron chi connectivity index (χ4n) is 1.79. The van der Waals surface area contributed by atoms with Crippen LogP contribution in [0.1, 0.15) is 0 Å². The molecule has 0 amide bonds. The maximum absolute atomic E-state index is 5.97. The number of aromatic nitrogens is 2. The number of para-hydroxylation sites is 1. The quantitative estimate of drug-likeness (QED) is 0.715. The van der Waals surface area contributed by atoms with Gasteiger partial charge in [0.15, 0.2) is 0 Å². The van der Waals surface area contributed by atoms with Gasteiger partial charge in [0, 0.05) is 39.1 Å². The van der Waals surface area contributed by atoms with Gasteiger partial charge in [0.1, 0.15) is 5.01 Å². The molecule has 0 aliphatic heterocycles. The number of benzene rings is 1. The van der Waals surface area contributed by atoms with Crippen LogP contribution < -0.4 is 5.73 Å². The zero-order valence-corrected chi connectivity index (χ0v) is 12.3. The number of hydrogen-bond donors (Lipinski definition) is 1. The van der Waals surface area contributed by atoms with E-state index in [0.717, 1.165) is 32.0 Å². The van der Waals surface area contributed by atoms with Gasteiger partial charge in [-0.05, 0) is 28.1 Å². The molecule has 0 unspecified atom stereocenters. The van der Waals surface area contributed by atoms with E-state index in [9.17, 15) is 0 Å². The third kappa shape index (κ3) is 2.52. The van der Waals surface area contributed by atoms with Crippen LogP contribution in [0.15, 0.2) is 52.6 Å². The first kappa shape index (κ1) is 12.3. The summed E-state index contributed by atoms with van der Waals surface area (Å²) in [6.45, 7) is 0. The number of rotatable bonds is 2. The van der Waals surface area contributed by atoms with Gasteiger partial charge < -0.3 is 5.73 Å². The van der Waals surface area contributed by atoms with E-state index in [4.69, 9.17) is 5.73 Å². The van der Waals surface area contributed by atoms with Crippen LogP contribution in [0, 0.1) is 0 Å². The number of thiazole rings is 1. The van der Waals surface area contributed by atoms with Crippen LogP contribution in [0.5, 0.6) is 0 Å². The smallest absolute Gasteiger partial charge is 0.125 e. The lowest BCUT2D eigenvalue weighted by Gasteiger charge is -2.01. The highest BCUT2D eigenvalue weighted by atomic mass is 79.9. The zero-order chi connectivity index (χ0) is 13.2. The molecular formula is C14H10BrN3S. The Balaban J connectivity index is 2.03. The molecule has 2 aromatic heterocycles. The minimum absolute atomic E-state index is 0.742. The van der Waals surface area contributed by atoms with Crippen molar-refractivity contribution >= 4 is 33.0 Å². The average Bonchev–Trinajstić information content (AvgIpc) is 2.89. The Kier molecular flexibility index (Phi) is 3.31. The molecule has 2 N–H and O–H groups in total. The summed E-state index contributed by atoms with van der Waals surface area (Å²) in [5, 5.41) is 2.95. The number of anilines is 1. The standard InChI is InChI=1S/C14H10BrN3S/c15-10-5-9(6-17-7-10)14-18-13(8-19-14)11-3-1-2-4-12(11)16/h1-8H,16H2. The molecule has 0 fully saturated rings. The van der Waals surface area contributed by atoms with Crippen molar-refractivity contribution in [2.45, 2.75) is 0 Å². The molecule has 0 saturated carbocycles. The third-order valence-corrected chi connectivity index (χ3v) is 4.02. The Morgan fingerprint density at radius 3 is 2.79 bits per heavy atom. The highest BCUT2D eigenvalue weighted by molar-refractivity contribution is 9.10. The second-order valence-corrected chi connectivity index (χ2v) is 5.79. The zero-order valence-electron chi connectivity index (χ0n) is 9.88. The second-order valence-electron chi connectivity index (χ2n) is 4.02. The van der Waals surface area contributed by atoms with Crippen LogP contribution in [0.4, 0.5) is 5.69 Å². The van der Waals surface area contributed by atoms with Crippen molar-refractivity contribution in [1.82, 2.24) is 9.97 Å². The van der Waals surface area contributed by atoms with Gasteiger partial charge in [0.2, 0.25) is 0 Å². The van der Waals surface area contributed by atoms with Gasteiger partial charge >= 0.3 is 0 Å². The van der Waals surface area contributed by atoms with E-state index in [1.807, 2.05) is 41.9 Å². The Morgan fingerprint density at radius 1 is 1.16 bits per heavy atom. The molecule has 0 bridgehead atoms. The lowest BCUT2D eigenvalue weighted by Crippen LogP contribution is -1.89. The van der Waals surface area contributed by atoms with Crippen molar-refractivity contribution in [1.29, 1.82) is 0 Å². The number of nitrogens with zero attached hydrogens (tertiary/aromatic N) is 2. The predicted octanol–water partition coefficient (Wildman–Crippen LogP) is 4.22. The monoisotopic (exact) mass is 331 g/mol. The molecule has 0 saturated heterocycles. The van der Waals surface area contributed by atoms with Crippen molar-refractivity contribution in [3.8, 4) is 21.8 Å². The Hall–Kier alpha value is -1.72. The van der Waals surface area contributed by atoms with Crippen LogP contribution in [0.3, 0.4) is 0 Å². The number of halogens is 1. The van der Waals surface area contributed by atoms with E-state index in [-0.39, 0.29) is 0 Å². The number of nitrogen functional groups attached to an aromatic ring is 1. The Bertz CT molecular complexity index is 724. The summed E-state index contributed by atoms with van der Waals surface area (Å²) < 4.78 is 0.945. The van der Waals surface area contributed by atoms with Crippen LogP contribution in [-0.4, -0.2) is 9.97 Å². The number of hydrogen-bond acceptors (Lipinski definition) is 4. The minimum Gasteiger partial charge on any atom is -0.398 e. The average molecular weight is 332 g/mol. The van der Waals surface area contributed by atoms with Gasteiger partial charge in [-0.1, -0.05) is 18.2 Å². The third-order valence-electron chi connectivity index (χ3n) is 2.69. The van der Waals surface area contributed by atoms with Crippen LogP contribution >= 0.6 is 27.3 Å². The first-order valence-corrected chi connectivity index (χ1v) is 7.32. The van der Waals surface area contributed by atoms with Crippen molar-refractivity contribution in [2.24, 2.45) is 0 Å². The van der Waals surface area contributed by atoms with Crippen molar-refractivity contribution < 1.29 is 0 Å². The summed E-state index contributed by atoms with van der Waals surface area (Å²) in [5.74, 6) is 0. The molecule has 0 atom stereocenters. The van der Waals surface area contributed by atoms with E-state index < -0.39 is 0 Å². The van der Waals surface area contributed by atoms with Gasteiger partial charge in [-0.25, -0.2) is 4.98 Å².